The largest absolute Gasteiger partial charge is 0.491 e. The zero-order chi connectivity index (χ0) is 17.1. The van der Waals surface area contributed by atoms with Crippen molar-refractivity contribution in [3.05, 3.63) is 54.6 Å². The molecular weight excluding hydrogens is 314 g/mol. The minimum atomic E-state index is 0.214. The second-order valence-corrected chi connectivity index (χ2v) is 6.27. The van der Waals surface area contributed by atoms with E-state index in [2.05, 4.69) is 10.2 Å². The number of hydrogen-bond donors (Lipinski definition) is 2. The molecule has 0 radical (unpaired) electrons. The van der Waals surface area contributed by atoms with E-state index in [9.17, 15) is 0 Å². The van der Waals surface area contributed by atoms with Crippen molar-refractivity contribution in [2.75, 3.05) is 18.9 Å². The van der Waals surface area contributed by atoms with Gasteiger partial charge in [0.1, 0.15) is 12.4 Å². The van der Waals surface area contributed by atoms with Gasteiger partial charge in [-0.05, 0) is 43.2 Å². The molecule has 1 aliphatic heterocycles. The highest BCUT2D eigenvalue weighted by atomic mass is 16.5. The monoisotopic (exact) mass is 335 g/mol. The van der Waals surface area contributed by atoms with E-state index in [0.717, 1.165) is 53.4 Å². The van der Waals surface area contributed by atoms with E-state index in [1.807, 2.05) is 54.6 Å². The average Bonchev–Trinajstić information content (AvgIpc) is 3.32. The Balaban J connectivity index is 1.51. The predicted molar refractivity (Wildman–Crippen MR) is 98.3 cm³/mol. The second kappa shape index (κ2) is 6.99. The van der Waals surface area contributed by atoms with Crippen LogP contribution in [0.3, 0.4) is 0 Å². The third-order valence-electron chi connectivity index (χ3n) is 4.37. The summed E-state index contributed by atoms with van der Waals surface area (Å²) < 4.78 is 11.5. The lowest BCUT2D eigenvalue weighted by Gasteiger charge is -2.11. The maximum Gasteiger partial charge on any atom is 0.120 e. The Kier molecular flexibility index (Phi) is 4.39. The molecule has 0 bridgehead atoms. The minimum Gasteiger partial charge on any atom is -0.491 e. The molecule has 3 N–H and O–H groups in total. The van der Waals surface area contributed by atoms with E-state index < -0.39 is 0 Å². The number of aromatic amines is 1. The lowest BCUT2D eigenvalue weighted by Crippen LogP contribution is -2.16. The smallest absolute Gasteiger partial charge is 0.120 e. The van der Waals surface area contributed by atoms with Crippen molar-refractivity contribution in [3.63, 3.8) is 0 Å². The predicted octanol–water partition coefficient (Wildman–Crippen LogP) is 3.88. The molecule has 25 heavy (non-hydrogen) atoms. The van der Waals surface area contributed by atoms with E-state index in [4.69, 9.17) is 15.2 Å². The lowest BCUT2D eigenvalue weighted by atomic mass is 10.1. The number of nitrogens with one attached hydrogen (secondary N) is 1. The van der Waals surface area contributed by atoms with Gasteiger partial charge in [0.2, 0.25) is 0 Å². The Morgan fingerprint density at radius 3 is 2.84 bits per heavy atom. The van der Waals surface area contributed by atoms with Crippen LogP contribution in [-0.4, -0.2) is 29.5 Å². The Morgan fingerprint density at radius 2 is 2.00 bits per heavy atom. The number of ether oxygens (including phenoxy) is 2. The first kappa shape index (κ1) is 15.7. The van der Waals surface area contributed by atoms with E-state index in [0.29, 0.717) is 6.61 Å². The van der Waals surface area contributed by atoms with Gasteiger partial charge in [0.05, 0.1) is 17.5 Å². The van der Waals surface area contributed by atoms with Crippen molar-refractivity contribution in [2.45, 2.75) is 18.9 Å². The van der Waals surface area contributed by atoms with Crippen LogP contribution in [-0.2, 0) is 4.74 Å². The molecule has 1 saturated heterocycles. The molecule has 1 aromatic heterocycles. The van der Waals surface area contributed by atoms with Crippen LogP contribution in [0.4, 0.5) is 5.69 Å². The second-order valence-electron chi connectivity index (χ2n) is 6.27. The molecule has 0 amide bonds. The van der Waals surface area contributed by atoms with Crippen molar-refractivity contribution in [1.82, 2.24) is 10.2 Å². The van der Waals surface area contributed by atoms with Gasteiger partial charge in [-0.25, -0.2) is 0 Å². The number of H-pyrrole nitrogens is 1. The van der Waals surface area contributed by atoms with Gasteiger partial charge in [-0.2, -0.15) is 5.10 Å². The van der Waals surface area contributed by atoms with Crippen molar-refractivity contribution >= 4 is 5.69 Å². The zero-order valence-corrected chi connectivity index (χ0v) is 13.9. The summed E-state index contributed by atoms with van der Waals surface area (Å²) in [5.41, 5.74) is 10.4. The maximum absolute atomic E-state index is 5.88. The van der Waals surface area contributed by atoms with Crippen LogP contribution in [0.15, 0.2) is 54.6 Å². The fourth-order valence-corrected chi connectivity index (χ4v) is 3.03. The molecule has 0 saturated carbocycles. The summed E-state index contributed by atoms with van der Waals surface area (Å²) >= 11 is 0. The van der Waals surface area contributed by atoms with Crippen LogP contribution in [0.5, 0.6) is 5.75 Å². The number of rotatable bonds is 5. The first-order chi connectivity index (χ1) is 12.3. The molecule has 0 aliphatic carbocycles. The molecule has 1 atom stereocenters. The van der Waals surface area contributed by atoms with Crippen LogP contribution in [0.25, 0.3) is 22.5 Å². The third kappa shape index (κ3) is 3.67. The molecule has 5 nitrogen and oxygen atoms in total. The van der Waals surface area contributed by atoms with Crippen molar-refractivity contribution in [2.24, 2.45) is 0 Å². The average molecular weight is 335 g/mol. The summed E-state index contributed by atoms with van der Waals surface area (Å²) in [6.45, 7) is 1.44. The molecule has 5 heteroatoms. The summed E-state index contributed by atoms with van der Waals surface area (Å²) in [7, 11) is 0. The van der Waals surface area contributed by atoms with Crippen LogP contribution < -0.4 is 10.5 Å². The van der Waals surface area contributed by atoms with Crippen LogP contribution in [0.2, 0.25) is 0 Å². The van der Waals surface area contributed by atoms with Gasteiger partial charge in [0.25, 0.3) is 0 Å². The van der Waals surface area contributed by atoms with Crippen LogP contribution >= 0.6 is 0 Å². The summed E-state index contributed by atoms with van der Waals surface area (Å²) in [6.07, 6.45) is 2.41. The zero-order valence-electron chi connectivity index (χ0n) is 13.9. The van der Waals surface area contributed by atoms with Gasteiger partial charge in [-0.15, -0.1) is 0 Å². The molecule has 1 unspecified atom stereocenters. The van der Waals surface area contributed by atoms with Crippen molar-refractivity contribution in [3.8, 4) is 28.3 Å². The van der Waals surface area contributed by atoms with Gasteiger partial charge < -0.3 is 15.2 Å². The SMILES string of the molecule is Nc1cccc(-c2cc(-c3cccc(OCC4CCCO4)c3)[nH]n2)c1. The third-order valence-corrected chi connectivity index (χ3v) is 4.37. The Hall–Kier alpha value is -2.79. The number of nitrogens with zero attached hydrogens (tertiary/aromatic N) is 1. The molecule has 3 aromatic rings. The molecule has 2 aromatic carbocycles. The van der Waals surface area contributed by atoms with Gasteiger partial charge in [-0.1, -0.05) is 24.3 Å². The summed E-state index contributed by atoms with van der Waals surface area (Å²) in [5, 5.41) is 7.49. The molecule has 2 heterocycles. The lowest BCUT2D eigenvalue weighted by molar-refractivity contribution is 0.0680. The van der Waals surface area contributed by atoms with E-state index in [-0.39, 0.29) is 6.10 Å². The number of aromatic nitrogens is 2. The molecule has 4 rings (SSSR count). The number of nitrogen functional groups attached to an aromatic ring is 1. The maximum atomic E-state index is 5.88. The summed E-state index contributed by atoms with van der Waals surface area (Å²) in [5.74, 6) is 0.841. The molecule has 1 fully saturated rings. The fraction of sp³-hybridized carbons (Fsp3) is 0.250. The highest BCUT2D eigenvalue weighted by molar-refractivity contribution is 5.70. The normalized spacial score (nSPS) is 16.9. The van der Waals surface area contributed by atoms with E-state index in [1.165, 1.54) is 0 Å². The number of benzene rings is 2. The van der Waals surface area contributed by atoms with E-state index >= 15 is 0 Å². The van der Waals surface area contributed by atoms with Crippen molar-refractivity contribution in [1.29, 1.82) is 0 Å². The highest BCUT2D eigenvalue weighted by Gasteiger charge is 2.16. The number of anilines is 1. The summed E-state index contributed by atoms with van der Waals surface area (Å²) in [6, 6.07) is 17.7. The first-order valence-electron chi connectivity index (χ1n) is 8.54. The fourth-order valence-electron chi connectivity index (χ4n) is 3.03. The van der Waals surface area contributed by atoms with Crippen molar-refractivity contribution < 1.29 is 9.47 Å². The highest BCUT2D eigenvalue weighted by Crippen LogP contribution is 2.27. The van der Waals surface area contributed by atoms with Gasteiger partial charge in [0, 0.05) is 23.4 Å². The summed E-state index contributed by atoms with van der Waals surface area (Å²) in [4.78, 5) is 0. The Bertz CT molecular complexity index is 853. The molecular formula is C20H21N3O2. The van der Waals surface area contributed by atoms with Gasteiger partial charge in [0.15, 0.2) is 0 Å². The minimum absolute atomic E-state index is 0.214. The van der Waals surface area contributed by atoms with Gasteiger partial charge in [-0.3, -0.25) is 5.10 Å². The number of hydrogen-bond acceptors (Lipinski definition) is 4. The molecule has 1 aliphatic rings. The van der Waals surface area contributed by atoms with E-state index in [1.54, 1.807) is 0 Å². The topological polar surface area (TPSA) is 73.2 Å². The molecule has 0 spiro atoms. The molecule has 128 valence electrons. The Labute approximate surface area is 146 Å². The number of nitrogens with two attached hydrogens (primary N) is 1. The van der Waals surface area contributed by atoms with Crippen LogP contribution in [0.1, 0.15) is 12.8 Å². The van der Waals surface area contributed by atoms with Crippen LogP contribution in [0, 0.1) is 0 Å². The standard InChI is InChI=1S/C20H21N3O2/c21-16-6-1-4-14(10-16)19-12-20(23-22-19)15-5-2-7-17(11-15)25-13-18-8-3-9-24-18/h1-2,4-7,10-12,18H,3,8-9,13,21H2,(H,22,23). The Morgan fingerprint density at radius 1 is 1.12 bits per heavy atom. The quantitative estimate of drug-likeness (QED) is 0.694. The van der Waals surface area contributed by atoms with Gasteiger partial charge >= 0.3 is 0 Å². The first-order valence-corrected chi connectivity index (χ1v) is 8.54.